The van der Waals surface area contributed by atoms with E-state index in [4.69, 9.17) is 10.5 Å². The van der Waals surface area contributed by atoms with E-state index in [0.717, 1.165) is 30.4 Å². The normalized spacial score (nSPS) is 16.9. The summed E-state index contributed by atoms with van der Waals surface area (Å²) in [5, 5.41) is 0. The number of benzene rings is 1. The third kappa shape index (κ3) is 3.09. The molecule has 0 saturated carbocycles. The Morgan fingerprint density at radius 3 is 2.56 bits per heavy atom. The summed E-state index contributed by atoms with van der Waals surface area (Å²) < 4.78 is 5.55. The molecule has 0 bridgehead atoms. The molecule has 2 rings (SSSR count). The third-order valence-electron chi connectivity index (χ3n) is 3.78. The summed E-state index contributed by atoms with van der Waals surface area (Å²) in [7, 11) is 0. The van der Waals surface area contributed by atoms with Crippen LogP contribution in [0.3, 0.4) is 0 Å². The Morgan fingerprint density at radius 1 is 1.22 bits per heavy atom. The first-order valence-electron chi connectivity index (χ1n) is 7.01. The van der Waals surface area contributed by atoms with E-state index in [-0.39, 0.29) is 0 Å². The molecule has 0 atom stereocenters. The van der Waals surface area contributed by atoms with Gasteiger partial charge in [-0.05, 0) is 31.7 Å². The van der Waals surface area contributed by atoms with Crippen molar-refractivity contribution in [2.24, 2.45) is 5.92 Å². The van der Waals surface area contributed by atoms with Gasteiger partial charge < -0.3 is 15.4 Å². The van der Waals surface area contributed by atoms with E-state index in [1.165, 1.54) is 24.9 Å². The highest BCUT2D eigenvalue weighted by Gasteiger charge is 2.18. The van der Waals surface area contributed by atoms with Crippen LogP contribution in [0.15, 0.2) is 18.2 Å². The van der Waals surface area contributed by atoms with Crippen molar-refractivity contribution < 1.29 is 4.74 Å². The Hall–Kier alpha value is -1.38. The molecule has 1 heterocycles. The molecule has 1 aliphatic heterocycles. The maximum atomic E-state index is 5.94. The summed E-state index contributed by atoms with van der Waals surface area (Å²) in [6, 6.07) is 6.05. The second kappa shape index (κ2) is 5.98. The predicted molar refractivity (Wildman–Crippen MR) is 77.3 cm³/mol. The molecule has 1 aliphatic rings. The van der Waals surface area contributed by atoms with Crippen molar-refractivity contribution in [3.63, 3.8) is 0 Å². The minimum absolute atomic E-state index is 0.681. The molecular weight excluding hydrogens is 224 g/mol. The predicted octanol–water partition coefficient (Wildman–Crippen LogP) is 3.29. The Labute approximate surface area is 110 Å². The maximum Gasteiger partial charge on any atom is 0.123 e. The van der Waals surface area contributed by atoms with Gasteiger partial charge in [-0.2, -0.15) is 0 Å². The van der Waals surface area contributed by atoms with Gasteiger partial charge in [0.1, 0.15) is 5.75 Å². The third-order valence-corrected chi connectivity index (χ3v) is 3.78. The van der Waals surface area contributed by atoms with Crippen LogP contribution >= 0.6 is 0 Å². The van der Waals surface area contributed by atoms with Crippen molar-refractivity contribution in [1.82, 2.24) is 0 Å². The standard InChI is InChI=1S/C15H24N2O/c1-3-12-5-7-17(8-6-12)14-9-13(16)10-15(11-14)18-4-2/h9-12H,3-8,16H2,1-2H3. The quantitative estimate of drug-likeness (QED) is 0.831. The highest BCUT2D eigenvalue weighted by molar-refractivity contribution is 5.60. The Morgan fingerprint density at radius 2 is 1.94 bits per heavy atom. The monoisotopic (exact) mass is 248 g/mol. The average Bonchev–Trinajstić information content (AvgIpc) is 2.38. The van der Waals surface area contributed by atoms with Gasteiger partial charge in [-0.3, -0.25) is 0 Å². The lowest BCUT2D eigenvalue weighted by Gasteiger charge is -2.33. The lowest BCUT2D eigenvalue weighted by atomic mass is 9.94. The molecule has 1 fully saturated rings. The van der Waals surface area contributed by atoms with Gasteiger partial charge in [0, 0.05) is 36.6 Å². The van der Waals surface area contributed by atoms with E-state index in [0.29, 0.717) is 6.61 Å². The Balaban J connectivity index is 2.08. The van der Waals surface area contributed by atoms with Crippen molar-refractivity contribution >= 4 is 11.4 Å². The topological polar surface area (TPSA) is 38.5 Å². The Bertz CT molecular complexity index is 384. The summed E-state index contributed by atoms with van der Waals surface area (Å²) in [6.45, 7) is 7.23. The molecule has 100 valence electrons. The molecule has 3 nitrogen and oxygen atoms in total. The van der Waals surface area contributed by atoms with Crippen molar-refractivity contribution in [3.05, 3.63) is 18.2 Å². The van der Waals surface area contributed by atoms with Gasteiger partial charge in [0.2, 0.25) is 0 Å². The molecule has 0 spiro atoms. The van der Waals surface area contributed by atoms with Crippen LogP contribution in [-0.2, 0) is 0 Å². The number of nitrogen functional groups attached to an aromatic ring is 1. The van der Waals surface area contributed by atoms with E-state index >= 15 is 0 Å². The zero-order chi connectivity index (χ0) is 13.0. The smallest absolute Gasteiger partial charge is 0.123 e. The minimum Gasteiger partial charge on any atom is -0.494 e. The number of rotatable bonds is 4. The number of nitrogens with zero attached hydrogens (tertiary/aromatic N) is 1. The summed E-state index contributed by atoms with van der Waals surface area (Å²) in [5.41, 5.74) is 7.93. The Kier molecular flexibility index (Phi) is 4.34. The SMILES string of the molecule is CCOc1cc(N)cc(N2CCC(CC)CC2)c1. The number of hydrogen-bond acceptors (Lipinski definition) is 3. The summed E-state index contributed by atoms with van der Waals surface area (Å²) in [5.74, 6) is 1.78. The lowest BCUT2D eigenvalue weighted by molar-refractivity contribution is 0.340. The van der Waals surface area contributed by atoms with Crippen LogP contribution in [0.4, 0.5) is 11.4 Å². The first-order chi connectivity index (χ1) is 8.72. The molecule has 1 saturated heterocycles. The second-order valence-electron chi connectivity index (χ2n) is 5.03. The summed E-state index contributed by atoms with van der Waals surface area (Å²) >= 11 is 0. The van der Waals surface area contributed by atoms with E-state index in [2.05, 4.69) is 24.0 Å². The largest absolute Gasteiger partial charge is 0.494 e. The van der Waals surface area contributed by atoms with Crippen LogP contribution in [0.5, 0.6) is 5.75 Å². The van der Waals surface area contributed by atoms with Gasteiger partial charge in [0.15, 0.2) is 0 Å². The van der Waals surface area contributed by atoms with E-state index in [9.17, 15) is 0 Å². The van der Waals surface area contributed by atoms with E-state index in [1.807, 2.05) is 13.0 Å². The molecule has 0 radical (unpaired) electrons. The first-order valence-corrected chi connectivity index (χ1v) is 7.01. The van der Waals surface area contributed by atoms with Gasteiger partial charge in [0.05, 0.1) is 6.61 Å². The van der Waals surface area contributed by atoms with Crippen LogP contribution in [0, 0.1) is 5.92 Å². The second-order valence-corrected chi connectivity index (χ2v) is 5.03. The zero-order valence-electron chi connectivity index (χ0n) is 11.5. The molecule has 1 aromatic carbocycles. The van der Waals surface area contributed by atoms with Gasteiger partial charge >= 0.3 is 0 Å². The number of hydrogen-bond donors (Lipinski definition) is 1. The molecule has 18 heavy (non-hydrogen) atoms. The average molecular weight is 248 g/mol. The number of anilines is 2. The van der Waals surface area contributed by atoms with Crippen LogP contribution < -0.4 is 15.4 Å². The van der Waals surface area contributed by atoms with E-state index in [1.54, 1.807) is 0 Å². The lowest BCUT2D eigenvalue weighted by Crippen LogP contribution is -2.33. The van der Waals surface area contributed by atoms with Crippen molar-refractivity contribution in [3.8, 4) is 5.75 Å². The molecule has 2 N–H and O–H groups in total. The number of nitrogens with two attached hydrogens (primary N) is 1. The minimum atomic E-state index is 0.681. The molecule has 0 aliphatic carbocycles. The van der Waals surface area contributed by atoms with Gasteiger partial charge in [-0.25, -0.2) is 0 Å². The number of ether oxygens (including phenoxy) is 1. The fourth-order valence-corrected chi connectivity index (χ4v) is 2.64. The first kappa shape index (κ1) is 13.1. The summed E-state index contributed by atoms with van der Waals surface area (Å²) in [4.78, 5) is 2.42. The van der Waals surface area contributed by atoms with Crippen LogP contribution in [-0.4, -0.2) is 19.7 Å². The molecular formula is C15H24N2O. The molecule has 0 aromatic heterocycles. The highest BCUT2D eigenvalue weighted by atomic mass is 16.5. The van der Waals surface area contributed by atoms with Crippen molar-refractivity contribution in [1.29, 1.82) is 0 Å². The highest BCUT2D eigenvalue weighted by Crippen LogP contribution is 2.29. The van der Waals surface area contributed by atoms with Crippen molar-refractivity contribution in [2.75, 3.05) is 30.3 Å². The number of piperidine rings is 1. The summed E-state index contributed by atoms with van der Waals surface area (Å²) in [6.07, 6.45) is 3.87. The fourth-order valence-electron chi connectivity index (χ4n) is 2.64. The van der Waals surface area contributed by atoms with Crippen LogP contribution in [0.2, 0.25) is 0 Å². The molecule has 0 amide bonds. The fraction of sp³-hybridized carbons (Fsp3) is 0.600. The maximum absolute atomic E-state index is 5.94. The van der Waals surface area contributed by atoms with E-state index < -0.39 is 0 Å². The van der Waals surface area contributed by atoms with Crippen LogP contribution in [0.25, 0.3) is 0 Å². The van der Waals surface area contributed by atoms with Crippen LogP contribution in [0.1, 0.15) is 33.1 Å². The van der Waals surface area contributed by atoms with Gasteiger partial charge in [-0.15, -0.1) is 0 Å². The van der Waals surface area contributed by atoms with Crippen molar-refractivity contribution in [2.45, 2.75) is 33.1 Å². The zero-order valence-corrected chi connectivity index (χ0v) is 11.5. The molecule has 0 unspecified atom stereocenters. The molecule has 1 aromatic rings. The van der Waals surface area contributed by atoms with Gasteiger partial charge in [-0.1, -0.05) is 13.3 Å². The van der Waals surface area contributed by atoms with Gasteiger partial charge in [0.25, 0.3) is 0 Å². The molecule has 3 heteroatoms.